The van der Waals surface area contributed by atoms with Crippen LogP contribution in [0.25, 0.3) is 0 Å². The van der Waals surface area contributed by atoms with Crippen molar-refractivity contribution in [1.82, 2.24) is 0 Å². The molecule has 176 valence electrons. The van der Waals surface area contributed by atoms with Crippen LogP contribution in [0.5, 0.6) is 5.75 Å². The van der Waals surface area contributed by atoms with Crippen LogP contribution >= 0.6 is 0 Å². The standard InChI is InChI=1S/C29H26N2O4/c1-20-19-26(31(22-9-4-3-5-10-22)29(33)27-13-8-18-35-27)24-11-6-7-12-25(24)30(20)28(32)21-14-16-23(34-2)17-15-21/h3-18,20,26H,19H2,1-2H3/t20-,26-/m0/s1. The number of methoxy groups -OCH3 is 1. The van der Waals surface area contributed by atoms with E-state index in [0.717, 1.165) is 16.9 Å². The van der Waals surface area contributed by atoms with Gasteiger partial charge in [0.05, 0.1) is 19.4 Å². The Bertz CT molecular complexity index is 1320. The Labute approximate surface area is 204 Å². The van der Waals surface area contributed by atoms with Gasteiger partial charge in [-0.05, 0) is 73.5 Å². The van der Waals surface area contributed by atoms with Crippen molar-refractivity contribution in [2.45, 2.75) is 25.4 Å². The van der Waals surface area contributed by atoms with Crippen LogP contribution < -0.4 is 14.5 Å². The van der Waals surface area contributed by atoms with Crippen LogP contribution in [0.2, 0.25) is 0 Å². The molecule has 35 heavy (non-hydrogen) atoms. The second-order valence-corrected chi connectivity index (χ2v) is 8.55. The van der Waals surface area contributed by atoms with Gasteiger partial charge in [-0.25, -0.2) is 0 Å². The number of benzene rings is 3. The van der Waals surface area contributed by atoms with Gasteiger partial charge >= 0.3 is 0 Å². The lowest BCUT2D eigenvalue weighted by Gasteiger charge is -2.43. The van der Waals surface area contributed by atoms with Gasteiger partial charge < -0.3 is 14.1 Å². The highest BCUT2D eigenvalue weighted by atomic mass is 16.5. The quantitative estimate of drug-likeness (QED) is 0.356. The van der Waals surface area contributed by atoms with Crippen molar-refractivity contribution in [1.29, 1.82) is 0 Å². The minimum Gasteiger partial charge on any atom is -0.497 e. The van der Waals surface area contributed by atoms with Gasteiger partial charge in [0.1, 0.15) is 5.75 Å². The first-order valence-corrected chi connectivity index (χ1v) is 11.6. The van der Waals surface area contributed by atoms with Crippen LogP contribution in [0.15, 0.2) is 102 Å². The number of anilines is 2. The fourth-order valence-electron chi connectivity index (χ4n) is 4.75. The Balaban J connectivity index is 1.58. The van der Waals surface area contributed by atoms with Gasteiger partial charge in [0.2, 0.25) is 0 Å². The molecule has 0 fully saturated rings. The average molecular weight is 467 g/mol. The SMILES string of the molecule is COc1ccc(C(=O)N2c3ccccc3[C@@H](N(C(=O)c3ccco3)c3ccccc3)C[C@@H]2C)cc1. The Kier molecular flexibility index (Phi) is 6.10. The Morgan fingerprint density at radius 2 is 1.63 bits per heavy atom. The van der Waals surface area contributed by atoms with Crippen molar-refractivity contribution < 1.29 is 18.7 Å². The predicted octanol–water partition coefficient (Wildman–Crippen LogP) is 6.12. The number of hydrogen-bond acceptors (Lipinski definition) is 4. The molecule has 6 nitrogen and oxygen atoms in total. The number of hydrogen-bond donors (Lipinski definition) is 0. The second kappa shape index (κ2) is 9.50. The van der Waals surface area contributed by atoms with E-state index in [-0.39, 0.29) is 29.7 Å². The Hall–Kier alpha value is -4.32. The average Bonchev–Trinajstić information content (AvgIpc) is 3.44. The van der Waals surface area contributed by atoms with E-state index in [2.05, 4.69) is 0 Å². The lowest BCUT2D eigenvalue weighted by Crippen LogP contribution is -2.47. The molecule has 5 rings (SSSR count). The third kappa shape index (κ3) is 4.19. The third-order valence-corrected chi connectivity index (χ3v) is 6.41. The number of amides is 2. The van der Waals surface area contributed by atoms with Crippen molar-refractivity contribution in [3.05, 3.63) is 114 Å². The minimum absolute atomic E-state index is 0.0883. The molecule has 1 aliphatic heterocycles. The van der Waals surface area contributed by atoms with E-state index < -0.39 is 0 Å². The summed E-state index contributed by atoms with van der Waals surface area (Å²) < 4.78 is 10.7. The van der Waals surface area contributed by atoms with E-state index >= 15 is 0 Å². The summed E-state index contributed by atoms with van der Waals surface area (Å²) in [4.78, 5) is 30.9. The summed E-state index contributed by atoms with van der Waals surface area (Å²) in [6, 6.07) is 27.5. The molecule has 6 heteroatoms. The number of ether oxygens (including phenoxy) is 1. The monoisotopic (exact) mass is 466 g/mol. The lowest BCUT2D eigenvalue weighted by molar-refractivity contribution is 0.0944. The summed E-state index contributed by atoms with van der Waals surface area (Å²) in [5.74, 6) is 0.664. The van der Waals surface area contributed by atoms with Crippen LogP contribution in [0, 0.1) is 0 Å². The molecule has 2 heterocycles. The summed E-state index contributed by atoms with van der Waals surface area (Å²) in [5.41, 5.74) is 3.06. The van der Waals surface area contributed by atoms with Gasteiger partial charge in [0.25, 0.3) is 11.8 Å². The summed E-state index contributed by atoms with van der Waals surface area (Å²) in [6.07, 6.45) is 2.07. The van der Waals surface area contributed by atoms with Crippen LogP contribution in [0.4, 0.5) is 11.4 Å². The van der Waals surface area contributed by atoms with Crippen LogP contribution in [-0.4, -0.2) is 25.0 Å². The third-order valence-electron chi connectivity index (χ3n) is 6.41. The molecule has 0 saturated carbocycles. The van der Waals surface area contributed by atoms with Crippen LogP contribution in [0.3, 0.4) is 0 Å². The number of fused-ring (bicyclic) bond motifs is 1. The fourth-order valence-corrected chi connectivity index (χ4v) is 4.75. The zero-order chi connectivity index (χ0) is 24.4. The Morgan fingerprint density at radius 3 is 2.31 bits per heavy atom. The molecule has 1 aliphatic rings. The van der Waals surface area contributed by atoms with Crippen LogP contribution in [-0.2, 0) is 0 Å². The van der Waals surface area contributed by atoms with E-state index in [4.69, 9.17) is 9.15 Å². The van der Waals surface area contributed by atoms with Crippen molar-refractivity contribution in [3.8, 4) is 5.75 Å². The maximum Gasteiger partial charge on any atom is 0.294 e. The maximum absolute atomic E-state index is 13.7. The Morgan fingerprint density at radius 1 is 0.914 bits per heavy atom. The van der Waals surface area contributed by atoms with Crippen molar-refractivity contribution >= 4 is 23.2 Å². The minimum atomic E-state index is -0.277. The van der Waals surface area contributed by atoms with Gasteiger partial charge in [-0.3, -0.25) is 14.5 Å². The highest BCUT2D eigenvalue weighted by Gasteiger charge is 2.39. The van der Waals surface area contributed by atoms with E-state index in [1.54, 1.807) is 48.4 Å². The molecule has 4 aromatic rings. The molecule has 1 aromatic heterocycles. The first kappa shape index (κ1) is 22.5. The van der Waals surface area contributed by atoms with Gasteiger partial charge in [-0.15, -0.1) is 0 Å². The number of furan rings is 1. The van der Waals surface area contributed by atoms with E-state index in [1.807, 2.05) is 66.4 Å². The topological polar surface area (TPSA) is 63.0 Å². The molecule has 0 aliphatic carbocycles. The molecular formula is C29H26N2O4. The van der Waals surface area contributed by atoms with E-state index in [1.165, 1.54) is 6.26 Å². The number of carbonyl (C=O) groups is 2. The van der Waals surface area contributed by atoms with Gasteiger partial charge in [0, 0.05) is 23.0 Å². The van der Waals surface area contributed by atoms with Gasteiger partial charge in [-0.1, -0.05) is 36.4 Å². The summed E-state index contributed by atoms with van der Waals surface area (Å²) in [5, 5.41) is 0. The van der Waals surface area contributed by atoms with E-state index in [0.29, 0.717) is 17.7 Å². The van der Waals surface area contributed by atoms with Crippen molar-refractivity contribution in [3.63, 3.8) is 0 Å². The molecule has 2 atom stereocenters. The zero-order valence-corrected chi connectivity index (χ0v) is 19.6. The highest BCUT2D eigenvalue weighted by Crippen LogP contribution is 2.43. The molecule has 3 aromatic carbocycles. The molecule has 0 unspecified atom stereocenters. The summed E-state index contributed by atoms with van der Waals surface area (Å²) in [7, 11) is 1.60. The summed E-state index contributed by atoms with van der Waals surface area (Å²) >= 11 is 0. The molecule has 0 N–H and O–H groups in total. The second-order valence-electron chi connectivity index (χ2n) is 8.55. The number of rotatable bonds is 5. The normalized spacial score (nSPS) is 16.9. The molecule has 0 radical (unpaired) electrons. The smallest absolute Gasteiger partial charge is 0.294 e. The lowest BCUT2D eigenvalue weighted by atomic mass is 9.89. The van der Waals surface area contributed by atoms with Gasteiger partial charge in [-0.2, -0.15) is 0 Å². The van der Waals surface area contributed by atoms with Crippen LogP contribution in [0.1, 0.15) is 45.9 Å². The fraction of sp³-hybridized carbons (Fsp3) is 0.172. The van der Waals surface area contributed by atoms with Crippen molar-refractivity contribution in [2.75, 3.05) is 16.9 Å². The first-order valence-electron chi connectivity index (χ1n) is 11.6. The predicted molar refractivity (Wildman–Crippen MR) is 135 cm³/mol. The number of para-hydroxylation sites is 2. The number of carbonyl (C=O) groups excluding carboxylic acids is 2. The molecule has 0 bridgehead atoms. The molecule has 0 saturated heterocycles. The maximum atomic E-state index is 13.7. The largest absolute Gasteiger partial charge is 0.497 e. The van der Waals surface area contributed by atoms with Gasteiger partial charge in [0.15, 0.2) is 5.76 Å². The summed E-state index contributed by atoms with van der Waals surface area (Å²) in [6.45, 7) is 2.02. The van der Waals surface area contributed by atoms with Crippen molar-refractivity contribution in [2.24, 2.45) is 0 Å². The molecule has 0 spiro atoms. The van der Waals surface area contributed by atoms with E-state index in [9.17, 15) is 9.59 Å². The zero-order valence-electron chi connectivity index (χ0n) is 19.6. The highest BCUT2D eigenvalue weighted by molar-refractivity contribution is 6.08. The number of nitrogens with zero attached hydrogens (tertiary/aromatic N) is 2. The molecule has 2 amide bonds. The molecular weight excluding hydrogens is 440 g/mol. The first-order chi connectivity index (χ1) is 17.1.